The van der Waals surface area contributed by atoms with Gasteiger partial charge in [0.15, 0.2) is 0 Å². The summed E-state index contributed by atoms with van der Waals surface area (Å²) in [4.78, 5) is 12.6. The van der Waals surface area contributed by atoms with Gasteiger partial charge in [-0.1, -0.05) is 17.7 Å². The van der Waals surface area contributed by atoms with Crippen molar-refractivity contribution in [2.45, 2.75) is 20.5 Å². The number of amides is 1. The molecular formula is C23H20ClF2NO3. The summed E-state index contributed by atoms with van der Waals surface area (Å²) in [5, 5.41) is 2.91. The molecule has 0 radical (unpaired) electrons. The van der Waals surface area contributed by atoms with Crippen molar-refractivity contribution in [2.75, 3.05) is 11.9 Å². The van der Waals surface area contributed by atoms with Crippen molar-refractivity contribution >= 4 is 23.2 Å². The number of halogens is 3. The fraction of sp³-hybridized carbons (Fsp3) is 0.174. The molecular weight excluding hydrogens is 412 g/mol. The Kier molecular flexibility index (Phi) is 6.90. The highest BCUT2D eigenvalue weighted by Crippen LogP contribution is 2.26. The lowest BCUT2D eigenvalue weighted by Crippen LogP contribution is -2.15. The van der Waals surface area contributed by atoms with Gasteiger partial charge in [0.05, 0.1) is 6.61 Å². The fourth-order valence-corrected chi connectivity index (χ4v) is 2.92. The molecule has 0 atom stereocenters. The summed E-state index contributed by atoms with van der Waals surface area (Å²) in [6.07, 6.45) is 0. The largest absolute Gasteiger partial charge is 0.493 e. The molecule has 0 aliphatic heterocycles. The first-order valence-corrected chi connectivity index (χ1v) is 9.67. The summed E-state index contributed by atoms with van der Waals surface area (Å²) >= 11 is 6.04. The maximum atomic E-state index is 13.8. The Morgan fingerprint density at radius 1 is 1.03 bits per heavy atom. The molecule has 0 aromatic heterocycles. The van der Waals surface area contributed by atoms with Crippen molar-refractivity contribution in [3.05, 3.63) is 87.9 Å². The highest BCUT2D eigenvalue weighted by atomic mass is 35.5. The van der Waals surface area contributed by atoms with Crippen LogP contribution in [-0.4, -0.2) is 12.5 Å². The first-order chi connectivity index (χ1) is 14.4. The van der Waals surface area contributed by atoms with Crippen LogP contribution in [-0.2, 0) is 6.61 Å². The van der Waals surface area contributed by atoms with Crippen molar-refractivity contribution in [2.24, 2.45) is 0 Å². The minimum Gasteiger partial charge on any atom is -0.493 e. The number of hydrogen-bond donors (Lipinski definition) is 1. The van der Waals surface area contributed by atoms with E-state index in [2.05, 4.69) is 5.32 Å². The number of ether oxygens (including phenoxy) is 2. The van der Waals surface area contributed by atoms with Gasteiger partial charge in [-0.15, -0.1) is 0 Å². The van der Waals surface area contributed by atoms with Gasteiger partial charge in [-0.3, -0.25) is 4.79 Å². The van der Waals surface area contributed by atoms with Gasteiger partial charge in [0.1, 0.15) is 35.4 Å². The molecule has 0 saturated heterocycles. The van der Waals surface area contributed by atoms with Crippen molar-refractivity contribution in [3.8, 4) is 11.5 Å². The Hall–Kier alpha value is -3.12. The average molecular weight is 432 g/mol. The molecule has 3 rings (SSSR count). The lowest BCUT2D eigenvalue weighted by atomic mass is 10.1. The molecule has 1 N–H and O–H groups in total. The summed E-state index contributed by atoms with van der Waals surface area (Å²) in [5.41, 5.74) is 1.21. The third-order valence-corrected chi connectivity index (χ3v) is 4.77. The van der Waals surface area contributed by atoms with E-state index in [4.69, 9.17) is 21.1 Å². The quantitative estimate of drug-likeness (QED) is 0.487. The van der Waals surface area contributed by atoms with Gasteiger partial charge in [0.2, 0.25) is 0 Å². The standard InChI is InChI=1S/C23H20ClF2NO3/c1-3-29-21-10-7-15(23(28)27-22-19(25)5-4-6-20(22)26)12-16(21)13-30-17-8-9-18(24)14(2)11-17/h4-12H,3,13H2,1-2H3,(H,27,28). The van der Waals surface area contributed by atoms with Gasteiger partial charge in [0.25, 0.3) is 5.91 Å². The predicted molar refractivity (Wildman–Crippen MR) is 112 cm³/mol. The van der Waals surface area contributed by atoms with Gasteiger partial charge in [0, 0.05) is 16.1 Å². The molecule has 0 heterocycles. The molecule has 3 aromatic carbocycles. The Labute approximate surface area is 178 Å². The second-order valence-electron chi connectivity index (χ2n) is 6.51. The number of benzene rings is 3. The number of nitrogens with one attached hydrogen (secondary N) is 1. The van der Waals surface area contributed by atoms with Crippen LogP contribution in [0.25, 0.3) is 0 Å². The molecule has 1 amide bonds. The summed E-state index contributed by atoms with van der Waals surface area (Å²) in [5.74, 6) is -1.18. The van der Waals surface area contributed by atoms with E-state index >= 15 is 0 Å². The van der Waals surface area contributed by atoms with Crippen LogP contribution >= 0.6 is 11.6 Å². The molecule has 0 spiro atoms. The van der Waals surface area contributed by atoms with E-state index in [9.17, 15) is 13.6 Å². The molecule has 3 aromatic rings. The normalized spacial score (nSPS) is 10.6. The van der Waals surface area contributed by atoms with E-state index in [1.807, 2.05) is 13.8 Å². The highest BCUT2D eigenvalue weighted by Gasteiger charge is 2.16. The zero-order valence-electron chi connectivity index (χ0n) is 16.5. The van der Waals surface area contributed by atoms with Crippen LogP contribution in [0.15, 0.2) is 54.6 Å². The topological polar surface area (TPSA) is 47.6 Å². The third kappa shape index (κ3) is 5.07. The molecule has 4 nitrogen and oxygen atoms in total. The Balaban J connectivity index is 1.82. The first-order valence-electron chi connectivity index (χ1n) is 9.29. The van der Waals surface area contributed by atoms with E-state index in [1.165, 1.54) is 12.1 Å². The molecule has 7 heteroatoms. The summed E-state index contributed by atoms with van der Waals surface area (Å²) in [6, 6.07) is 13.4. The molecule has 0 unspecified atom stereocenters. The molecule has 0 aliphatic carbocycles. The molecule has 0 saturated carbocycles. The number of carbonyl (C=O) groups excluding carboxylic acids is 1. The summed E-state index contributed by atoms with van der Waals surface area (Å²) in [7, 11) is 0. The average Bonchev–Trinajstić information content (AvgIpc) is 2.72. The van der Waals surface area contributed by atoms with E-state index in [0.29, 0.717) is 28.7 Å². The van der Waals surface area contributed by atoms with Crippen molar-refractivity contribution in [1.29, 1.82) is 0 Å². The molecule has 30 heavy (non-hydrogen) atoms. The number of aryl methyl sites for hydroxylation is 1. The van der Waals surface area contributed by atoms with E-state index in [0.717, 1.165) is 17.7 Å². The lowest BCUT2D eigenvalue weighted by molar-refractivity contribution is 0.102. The Bertz CT molecular complexity index is 1050. The smallest absolute Gasteiger partial charge is 0.255 e. The summed E-state index contributed by atoms with van der Waals surface area (Å²) in [6.45, 7) is 4.27. The zero-order chi connectivity index (χ0) is 21.7. The second kappa shape index (κ2) is 9.59. The van der Waals surface area contributed by atoms with Crippen LogP contribution in [0.1, 0.15) is 28.4 Å². The number of rotatable bonds is 7. The van der Waals surface area contributed by atoms with Crippen molar-refractivity contribution in [1.82, 2.24) is 0 Å². The van der Waals surface area contributed by atoms with Crippen LogP contribution in [0.5, 0.6) is 11.5 Å². The maximum Gasteiger partial charge on any atom is 0.255 e. The van der Waals surface area contributed by atoms with Crippen LogP contribution in [0.4, 0.5) is 14.5 Å². The van der Waals surface area contributed by atoms with Crippen LogP contribution in [0.3, 0.4) is 0 Å². The lowest BCUT2D eigenvalue weighted by Gasteiger charge is -2.14. The van der Waals surface area contributed by atoms with Crippen LogP contribution < -0.4 is 14.8 Å². The van der Waals surface area contributed by atoms with Crippen LogP contribution in [0, 0.1) is 18.6 Å². The Morgan fingerprint density at radius 2 is 1.77 bits per heavy atom. The minimum absolute atomic E-state index is 0.131. The number of anilines is 1. The molecule has 0 bridgehead atoms. The monoisotopic (exact) mass is 431 g/mol. The summed E-state index contributed by atoms with van der Waals surface area (Å²) < 4.78 is 39.1. The molecule has 0 aliphatic rings. The van der Waals surface area contributed by atoms with Gasteiger partial charge in [-0.05, 0) is 67.9 Å². The van der Waals surface area contributed by atoms with Crippen molar-refractivity contribution < 1.29 is 23.0 Å². The van der Waals surface area contributed by atoms with Crippen LogP contribution in [0.2, 0.25) is 5.02 Å². The highest BCUT2D eigenvalue weighted by molar-refractivity contribution is 6.31. The van der Waals surface area contributed by atoms with Gasteiger partial charge in [-0.2, -0.15) is 0 Å². The van der Waals surface area contributed by atoms with Crippen molar-refractivity contribution in [3.63, 3.8) is 0 Å². The molecule has 0 fully saturated rings. The van der Waals surface area contributed by atoms with E-state index in [-0.39, 0.29) is 12.2 Å². The number of para-hydroxylation sites is 1. The first kappa shape index (κ1) is 21.6. The van der Waals surface area contributed by atoms with Gasteiger partial charge < -0.3 is 14.8 Å². The zero-order valence-corrected chi connectivity index (χ0v) is 17.2. The minimum atomic E-state index is -0.851. The molecule has 156 valence electrons. The Morgan fingerprint density at radius 3 is 2.43 bits per heavy atom. The predicted octanol–water partition coefficient (Wildman–Crippen LogP) is 6.16. The van der Waals surface area contributed by atoms with E-state index in [1.54, 1.807) is 30.3 Å². The second-order valence-corrected chi connectivity index (χ2v) is 6.91. The number of hydrogen-bond acceptors (Lipinski definition) is 3. The maximum absolute atomic E-state index is 13.8. The van der Waals surface area contributed by atoms with Gasteiger partial charge in [-0.25, -0.2) is 8.78 Å². The fourth-order valence-electron chi connectivity index (χ4n) is 2.80. The number of carbonyl (C=O) groups is 1. The van der Waals surface area contributed by atoms with E-state index < -0.39 is 23.2 Å². The third-order valence-electron chi connectivity index (χ3n) is 4.35. The van der Waals surface area contributed by atoms with Gasteiger partial charge >= 0.3 is 0 Å². The SMILES string of the molecule is CCOc1ccc(C(=O)Nc2c(F)cccc2F)cc1COc1ccc(Cl)c(C)c1.